The molecule has 0 aliphatic heterocycles. The molecule has 366 valence electrons. The van der Waals surface area contributed by atoms with Gasteiger partial charge in [-0.15, -0.1) is 0 Å². The van der Waals surface area contributed by atoms with Gasteiger partial charge in [-0.2, -0.15) is 0 Å². The van der Waals surface area contributed by atoms with E-state index in [1.54, 1.807) is 0 Å². The summed E-state index contributed by atoms with van der Waals surface area (Å²) in [5.74, 6) is -0.604. The summed E-state index contributed by atoms with van der Waals surface area (Å²) in [5.41, 5.74) is 0. The fraction of sp³-hybridized carbons (Fsp3) is 0.875. The molecule has 0 bridgehead atoms. The predicted molar refractivity (Wildman–Crippen MR) is 270 cm³/mol. The van der Waals surface area contributed by atoms with Gasteiger partial charge in [-0.1, -0.05) is 243 Å². The molecule has 0 aromatic rings. The van der Waals surface area contributed by atoms with Gasteiger partial charge in [-0.05, 0) is 77.0 Å². The zero-order chi connectivity index (χ0) is 45.2. The highest BCUT2D eigenvalue weighted by atomic mass is 16.3. The number of aliphatic hydroxyl groups excluding tert-OH is 4. The molecule has 0 aliphatic carbocycles. The maximum Gasteiger partial charge on any atom is 0.249 e. The maximum atomic E-state index is 12.5. The van der Waals surface area contributed by atoms with Gasteiger partial charge in [-0.25, -0.2) is 0 Å². The molecule has 0 aromatic carbocycles. The van der Waals surface area contributed by atoms with Crippen molar-refractivity contribution in [2.24, 2.45) is 0 Å². The zero-order valence-corrected chi connectivity index (χ0v) is 41.4. The third-order valence-corrected chi connectivity index (χ3v) is 12.8. The van der Waals surface area contributed by atoms with Crippen molar-refractivity contribution < 1.29 is 25.2 Å². The number of nitrogens with one attached hydrogen (secondary N) is 1. The molecule has 5 N–H and O–H groups in total. The van der Waals surface area contributed by atoms with Gasteiger partial charge in [0.15, 0.2) is 0 Å². The number of carbonyl (C=O) groups excluding carboxylic acids is 1. The molecule has 0 aromatic heterocycles. The molecule has 4 unspecified atom stereocenters. The number of hydrogen-bond donors (Lipinski definition) is 5. The van der Waals surface area contributed by atoms with Gasteiger partial charge in [0, 0.05) is 0 Å². The normalized spacial score (nSPS) is 14.1. The quantitative estimate of drug-likeness (QED) is 0.0309. The summed E-state index contributed by atoms with van der Waals surface area (Å²) in [5, 5.41) is 43.8. The molecule has 62 heavy (non-hydrogen) atoms. The Bertz CT molecular complexity index is 981. The smallest absolute Gasteiger partial charge is 0.249 e. The molecular weight excluding hydrogens is 767 g/mol. The number of allylic oxidation sites excluding steroid dienone is 6. The Labute approximate surface area is 386 Å². The van der Waals surface area contributed by atoms with Gasteiger partial charge in [0.05, 0.1) is 18.8 Å². The molecule has 0 saturated heterocycles. The largest absolute Gasteiger partial charge is 0.394 e. The highest BCUT2D eigenvalue weighted by Crippen LogP contribution is 2.17. The Morgan fingerprint density at radius 1 is 0.387 bits per heavy atom. The standard InChI is InChI=1S/C56H107NO5/c1-3-5-7-9-11-13-15-17-19-21-22-23-24-25-26-27-28-29-30-31-32-34-35-37-39-41-43-45-47-49-53(59)55(61)52(51-58)57-56(62)54(60)50-48-46-44-42-40-38-36-33-20-18-16-14-12-10-8-6-4-2/h34-36,38,41,43,52-55,58-61H,3-33,37,39-40,42,44-51H2,1-2H3,(H,57,62)/b35-34+,38-36-,43-41+. The lowest BCUT2D eigenvalue weighted by molar-refractivity contribution is -0.132. The Morgan fingerprint density at radius 3 is 1.02 bits per heavy atom. The van der Waals surface area contributed by atoms with Crippen LogP contribution in [0.5, 0.6) is 0 Å². The summed E-state index contributed by atoms with van der Waals surface area (Å²) < 4.78 is 0. The van der Waals surface area contributed by atoms with Crippen LogP contribution in [0.3, 0.4) is 0 Å². The lowest BCUT2D eigenvalue weighted by atomic mass is 10.00. The van der Waals surface area contributed by atoms with Crippen molar-refractivity contribution in [3.05, 3.63) is 36.5 Å². The number of hydrogen-bond acceptors (Lipinski definition) is 5. The summed E-state index contributed by atoms with van der Waals surface area (Å²) in [6, 6.07) is -1.01. The van der Waals surface area contributed by atoms with Crippen molar-refractivity contribution in [1.29, 1.82) is 0 Å². The van der Waals surface area contributed by atoms with Crippen LogP contribution in [0.15, 0.2) is 36.5 Å². The van der Waals surface area contributed by atoms with E-state index in [1.165, 1.54) is 199 Å². The van der Waals surface area contributed by atoms with Gasteiger partial charge in [0.25, 0.3) is 0 Å². The molecule has 0 fully saturated rings. The van der Waals surface area contributed by atoms with Gasteiger partial charge in [0.2, 0.25) is 5.91 Å². The Hall–Kier alpha value is -1.47. The van der Waals surface area contributed by atoms with E-state index in [0.29, 0.717) is 19.3 Å². The molecule has 0 spiro atoms. The van der Waals surface area contributed by atoms with Gasteiger partial charge in [0.1, 0.15) is 12.2 Å². The second-order valence-corrected chi connectivity index (χ2v) is 18.9. The van der Waals surface area contributed by atoms with Crippen LogP contribution in [-0.2, 0) is 4.79 Å². The molecular formula is C56H107NO5. The fourth-order valence-electron chi connectivity index (χ4n) is 8.48. The van der Waals surface area contributed by atoms with E-state index in [9.17, 15) is 25.2 Å². The van der Waals surface area contributed by atoms with E-state index in [0.717, 1.165) is 51.4 Å². The van der Waals surface area contributed by atoms with Crippen molar-refractivity contribution in [2.75, 3.05) is 6.61 Å². The first-order valence-corrected chi connectivity index (χ1v) is 27.4. The van der Waals surface area contributed by atoms with Gasteiger partial charge >= 0.3 is 0 Å². The highest BCUT2D eigenvalue weighted by Gasteiger charge is 2.28. The Kier molecular flexibility index (Phi) is 49.3. The van der Waals surface area contributed by atoms with Crippen molar-refractivity contribution in [1.82, 2.24) is 5.32 Å². The molecule has 6 nitrogen and oxygen atoms in total. The minimum absolute atomic E-state index is 0.346. The summed E-state index contributed by atoms with van der Waals surface area (Å²) in [4.78, 5) is 12.5. The van der Waals surface area contributed by atoms with Crippen molar-refractivity contribution in [3.8, 4) is 0 Å². The van der Waals surface area contributed by atoms with Crippen LogP contribution in [-0.4, -0.2) is 57.3 Å². The van der Waals surface area contributed by atoms with Crippen LogP contribution < -0.4 is 5.32 Å². The SMILES string of the molecule is CCCCCCCCCCC/C=C\CCCCCCC(O)C(=O)NC(CO)C(O)C(O)CCC/C=C/CC/C=C/CCCCCCCCCCCCCCCCCCCCCC. The van der Waals surface area contributed by atoms with Crippen molar-refractivity contribution in [3.63, 3.8) is 0 Å². The number of rotatable bonds is 50. The average Bonchev–Trinajstić information content (AvgIpc) is 3.28. The fourth-order valence-corrected chi connectivity index (χ4v) is 8.48. The van der Waals surface area contributed by atoms with Gasteiger partial charge < -0.3 is 25.7 Å². The van der Waals surface area contributed by atoms with Crippen LogP contribution in [0.2, 0.25) is 0 Å². The van der Waals surface area contributed by atoms with Crippen LogP contribution >= 0.6 is 0 Å². The predicted octanol–water partition coefficient (Wildman–Crippen LogP) is 15.6. The minimum atomic E-state index is -1.29. The topological polar surface area (TPSA) is 110 Å². The van der Waals surface area contributed by atoms with E-state index < -0.39 is 36.9 Å². The van der Waals surface area contributed by atoms with E-state index in [1.807, 2.05) is 0 Å². The summed E-state index contributed by atoms with van der Waals surface area (Å²) in [6.07, 6.45) is 62.2. The molecule has 6 heteroatoms. The van der Waals surface area contributed by atoms with Crippen LogP contribution in [0.1, 0.15) is 284 Å². The van der Waals surface area contributed by atoms with Gasteiger partial charge in [-0.3, -0.25) is 4.79 Å². The van der Waals surface area contributed by atoms with Crippen molar-refractivity contribution in [2.45, 2.75) is 308 Å². The first-order valence-electron chi connectivity index (χ1n) is 27.4. The van der Waals surface area contributed by atoms with Crippen LogP contribution in [0, 0.1) is 0 Å². The lowest BCUT2D eigenvalue weighted by Crippen LogP contribution is -2.53. The monoisotopic (exact) mass is 874 g/mol. The molecule has 4 atom stereocenters. The number of carbonyl (C=O) groups is 1. The van der Waals surface area contributed by atoms with E-state index >= 15 is 0 Å². The first-order chi connectivity index (χ1) is 30.5. The van der Waals surface area contributed by atoms with E-state index in [-0.39, 0.29) is 0 Å². The zero-order valence-electron chi connectivity index (χ0n) is 41.4. The van der Waals surface area contributed by atoms with Crippen LogP contribution in [0.4, 0.5) is 0 Å². The minimum Gasteiger partial charge on any atom is -0.394 e. The molecule has 0 saturated carbocycles. The summed E-state index contributed by atoms with van der Waals surface area (Å²) in [7, 11) is 0. The number of amides is 1. The number of unbranched alkanes of at least 4 members (excludes halogenated alkanes) is 35. The van der Waals surface area contributed by atoms with E-state index in [2.05, 4.69) is 55.6 Å². The highest BCUT2D eigenvalue weighted by molar-refractivity contribution is 5.80. The molecule has 0 aliphatic rings. The maximum absolute atomic E-state index is 12.5. The molecule has 1 amide bonds. The summed E-state index contributed by atoms with van der Waals surface area (Å²) >= 11 is 0. The van der Waals surface area contributed by atoms with E-state index in [4.69, 9.17) is 0 Å². The third-order valence-electron chi connectivity index (χ3n) is 12.8. The third kappa shape index (κ3) is 43.8. The molecule has 0 heterocycles. The number of aliphatic hydroxyl groups is 4. The van der Waals surface area contributed by atoms with Crippen LogP contribution in [0.25, 0.3) is 0 Å². The Morgan fingerprint density at radius 2 is 0.677 bits per heavy atom. The molecule has 0 radical (unpaired) electrons. The average molecular weight is 874 g/mol. The summed E-state index contributed by atoms with van der Waals surface area (Å²) in [6.45, 7) is 4.06. The second kappa shape index (κ2) is 50.5. The van der Waals surface area contributed by atoms with Crippen molar-refractivity contribution >= 4 is 5.91 Å². The first kappa shape index (κ1) is 60.5. The Balaban J connectivity index is 3.69. The lowest BCUT2D eigenvalue weighted by Gasteiger charge is -2.27. The second-order valence-electron chi connectivity index (χ2n) is 18.9. The molecule has 0 rings (SSSR count).